The van der Waals surface area contributed by atoms with Gasteiger partial charge in [0.05, 0.1) is 17.2 Å². The van der Waals surface area contributed by atoms with Crippen LogP contribution in [0.2, 0.25) is 0 Å². The van der Waals surface area contributed by atoms with Gasteiger partial charge in [-0.05, 0) is 43.4 Å². The van der Waals surface area contributed by atoms with Crippen LogP contribution in [0.1, 0.15) is 24.8 Å². The SMILES string of the molecule is COC1(C(Cc2ccnc3ccccc23)NN)CCC1. The number of nitrogens with one attached hydrogen (secondary N) is 1. The van der Waals surface area contributed by atoms with Crippen LogP contribution in [0.15, 0.2) is 36.5 Å². The Balaban J connectivity index is 1.91. The number of pyridine rings is 1. The van der Waals surface area contributed by atoms with Crippen molar-refractivity contribution in [1.82, 2.24) is 10.4 Å². The zero-order chi connectivity index (χ0) is 14.0. The number of benzene rings is 1. The van der Waals surface area contributed by atoms with Crippen LogP contribution in [0, 0.1) is 0 Å². The van der Waals surface area contributed by atoms with Gasteiger partial charge in [-0.15, -0.1) is 0 Å². The number of hydrazine groups is 1. The maximum Gasteiger partial charge on any atom is 0.0847 e. The quantitative estimate of drug-likeness (QED) is 0.646. The Morgan fingerprint density at radius 2 is 2.15 bits per heavy atom. The smallest absolute Gasteiger partial charge is 0.0847 e. The molecule has 20 heavy (non-hydrogen) atoms. The largest absolute Gasteiger partial charge is 0.377 e. The number of para-hydroxylation sites is 1. The van der Waals surface area contributed by atoms with E-state index in [2.05, 4.69) is 22.5 Å². The Morgan fingerprint density at radius 3 is 2.80 bits per heavy atom. The van der Waals surface area contributed by atoms with Crippen LogP contribution in [0.25, 0.3) is 10.9 Å². The minimum absolute atomic E-state index is 0.112. The standard InChI is InChI=1S/C16H21N3O/c1-20-16(8-4-9-16)15(19-17)11-12-7-10-18-14-6-3-2-5-13(12)14/h2-3,5-7,10,15,19H,4,8-9,11,17H2,1H3. The molecule has 1 aromatic carbocycles. The summed E-state index contributed by atoms with van der Waals surface area (Å²) < 4.78 is 5.75. The zero-order valence-corrected chi connectivity index (χ0v) is 11.8. The van der Waals surface area contributed by atoms with Crippen molar-refractivity contribution < 1.29 is 4.74 Å². The number of methoxy groups -OCH3 is 1. The first kappa shape index (κ1) is 13.5. The molecule has 0 radical (unpaired) electrons. The van der Waals surface area contributed by atoms with E-state index in [1.165, 1.54) is 17.4 Å². The van der Waals surface area contributed by atoms with E-state index in [0.29, 0.717) is 0 Å². The molecule has 1 saturated carbocycles. The van der Waals surface area contributed by atoms with Crippen molar-refractivity contribution in [3.05, 3.63) is 42.1 Å². The molecule has 1 aromatic heterocycles. The van der Waals surface area contributed by atoms with Crippen LogP contribution in [-0.2, 0) is 11.2 Å². The zero-order valence-electron chi connectivity index (χ0n) is 11.8. The third kappa shape index (κ3) is 2.20. The van der Waals surface area contributed by atoms with E-state index in [4.69, 9.17) is 10.6 Å². The summed E-state index contributed by atoms with van der Waals surface area (Å²) in [4.78, 5) is 4.41. The Bertz CT molecular complexity index is 584. The van der Waals surface area contributed by atoms with Crippen molar-refractivity contribution in [3.63, 3.8) is 0 Å². The van der Waals surface area contributed by atoms with Gasteiger partial charge in [-0.25, -0.2) is 0 Å². The number of nitrogens with zero attached hydrogens (tertiary/aromatic N) is 1. The molecular formula is C16H21N3O. The van der Waals surface area contributed by atoms with Crippen LogP contribution in [0.5, 0.6) is 0 Å². The fourth-order valence-electron chi connectivity index (χ4n) is 3.17. The summed E-state index contributed by atoms with van der Waals surface area (Å²) in [6, 6.07) is 10.4. The molecule has 4 nitrogen and oxygen atoms in total. The molecular weight excluding hydrogens is 250 g/mol. The second-order valence-electron chi connectivity index (χ2n) is 5.53. The molecule has 0 bridgehead atoms. The summed E-state index contributed by atoms with van der Waals surface area (Å²) in [6.07, 6.45) is 6.07. The summed E-state index contributed by atoms with van der Waals surface area (Å²) in [6.45, 7) is 0. The van der Waals surface area contributed by atoms with Crippen molar-refractivity contribution in [2.24, 2.45) is 5.84 Å². The highest BCUT2D eigenvalue weighted by Gasteiger charge is 2.44. The first-order valence-corrected chi connectivity index (χ1v) is 7.13. The fourth-order valence-corrected chi connectivity index (χ4v) is 3.17. The molecule has 1 heterocycles. The first-order valence-electron chi connectivity index (χ1n) is 7.13. The third-order valence-corrected chi connectivity index (χ3v) is 4.61. The molecule has 0 spiro atoms. The molecule has 1 aliphatic rings. The lowest BCUT2D eigenvalue weighted by atomic mass is 9.72. The summed E-state index contributed by atoms with van der Waals surface area (Å²) >= 11 is 0. The molecule has 3 rings (SSSR count). The number of nitrogens with two attached hydrogens (primary N) is 1. The van der Waals surface area contributed by atoms with Gasteiger partial charge >= 0.3 is 0 Å². The van der Waals surface area contributed by atoms with E-state index in [9.17, 15) is 0 Å². The number of hydrogen-bond acceptors (Lipinski definition) is 4. The second kappa shape index (κ2) is 5.48. The number of aromatic nitrogens is 1. The summed E-state index contributed by atoms with van der Waals surface area (Å²) in [5.74, 6) is 5.79. The number of rotatable bonds is 5. The van der Waals surface area contributed by atoms with E-state index >= 15 is 0 Å². The van der Waals surface area contributed by atoms with Crippen molar-refractivity contribution in [2.45, 2.75) is 37.3 Å². The minimum atomic E-state index is -0.112. The van der Waals surface area contributed by atoms with Gasteiger partial charge in [-0.1, -0.05) is 18.2 Å². The van der Waals surface area contributed by atoms with Gasteiger partial charge in [-0.3, -0.25) is 16.3 Å². The van der Waals surface area contributed by atoms with Gasteiger partial charge in [0.15, 0.2) is 0 Å². The van der Waals surface area contributed by atoms with Gasteiger partial charge in [0.25, 0.3) is 0 Å². The van der Waals surface area contributed by atoms with Crippen LogP contribution >= 0.6 is 0 Å². The third-order valence-electron chi connectivity index (χ3n) is 4.61. The van der Waals surface area contributed by atoms with E-state index in [1.54, 1.807) is 7.11 Å². The molecule has 2 aromatic rings. The number of hydrogen-bond donors (Lipinski definition) is 2. The summed E-state index contributed by atoms with van der Waals surface area (Å²) in [5, 5.41) is 1.20. The van der Waals surface area contributed by atoms with E-state index in [-0.39, 0.29) is 11.6 Å². The van der Waals surface area contributed by atoms with Crippen molar-refractivity contribution >= 4 is 10.9 Å². The second-order valence-corrected chi connectivity index (χ2v) is 5.53. The monoisotopic (exact) mass is 271 g/mol. The number of fused-ring (bicyclic) bond motifs is 1. The van der Waals surface area contributed by atoms with Crippen LogP contribution in [0.3, 0.4) is 0 Å². The van der Waals surface area contributed by atoms with Crippen LogP contribution in [-0.4, -0.2) is 23.7 Å². The lowest BCUT2D eigenvalue weighted by Crippen LogP contribution is -2.59. The van der Waals surface area contributed by atoms with Gasteiger partial charge in [0, 0.05) is 18.7 Å². The number of ether oxygens (including phenoxy) is 1. The molecule has 4 heteroatoms. The van der Waals surface area contributed by atoms with Crippen LogP contribution < -0.4 is 11.3 Å². The van der Waals surface area contributed by atoms with Crippen LogP contribution in [0.4, 0.5) is 0 Å². The lowest BCUT2D eigenvalue weighted by Gasteiger charge is -2.46. The van der Waals surface area contributed by atoms with Crippen molar-refractivity contribution in [2.75, 3.05) is 7.11 Å². The van der Waals surface area contributed by atoms with Crippen molar-refractivity contribution in [1.29, 1.82) is 0 Å². The average Bonchev–Trinajstić information content (AvgIpc) is 2.45. The van der Waals surface area contributed by atoms with Gasteiger partial charge in [0.1, 0.15) is 0 Å². The Kier molecular flexibility index (Phi) is 3.70. The molecule has 1 unspecified atom stereocenters. The van der Waals surface area contributed by atoms with Gasteiger partial charge < -0.3 is 4.74 Å². The molecule has 3 N–H and O–H groups in total. The summed E-state index contributed by atoms with van der Waals surface area (Å²) in [7, 11) is 1.79. The molecule has 106 valence electrons. The Labute approximate surface area is 119 Å². The maximum absolute atomic E-state index is 5.79. The van der Waals surface area contributed by atoms with E-state index < -0.39 is 0 Å². The molecule has 1 atom stereocenters. The highest BCUT2D eigenvalue weighted by atomic mass is 16.5. The topological polar surface area (TPSA) is 60.2 Å². The highest BCUT2D eigenvalue weighted by molar-refractivity contribution is 5.81. The predicted octanol–water partition coefficient (Wildman–Crippen LogP) is 2.18. The lowest BCUT2D eigenvalue weighted by molar-refractivity contribution is -0.0981. The minimum Gasteiger partial charge on any atom is -0.377 e. The maximum atomic E-state index is 5.79. The molecule has 0 amide bonds. The first-order chi connectivity index (χ1) is 9.79. The summed E-state index contributed by atoms with van der Waals surface area (Å²) in [5.41, 5.74) is 5.15. The molecule has 0 saturated heterocycles. The highest BCUT2D eigenvalue weighted by Crippen LogP contribution is 2.39. The average molecular weight is 271 g/mol. The van der Waals surface area contributed by atoms with Gasteiger partial charge in [0.2, 0.25) is 0 Å². The molecule has 1 fully saturated rings. The van der Waals surface area contributed by atoms with Gasteiger partial charge in [-0.2, -0.15) is 0 Å². The Morgan fingerprint density at radius 1 is 1.35 bits per heavy atom. The molecule has 1 aliphatic carbocycles. The fraction of sp³-hybridized carbons (Fsp3) is 0.438. The predicted molar refractivity (Wildman–Crippen MR) is 80.1 cm³/mol. The van der Waals surface area contributed by atoms with Crippen molar-refractivity contribution in [3.8, 4) is 0 Å². The molecule has 0 aliphatic heterocycles. The van der Waals surface area contributed by atoms with E-state index in [1.807, 2.05) is 24.4 Å². The normalized spacial score (nSPS) is 18.7. The Hall–Kier alpha value is -1.49. The van der Waals surface area contributed by atoms with E-state index in [0.717, 1.165) is 24.8 Å².